The maximum atomic E-state index is 10.8. The average Bonchev–Trinajstić information content (AvgIpc) is 2.73. The number of carbonyl (C=O) groups is 1. The van der Waals surface area contributed by atoms with Gasteiger partial charge in [0.2, 0.25) is 0 Å². The van der Waals surface area contributed by atoms with E-state index in [1.807, 2.05) is 13.0 Å². The van der Waals surface area contributed by atoms with E-state index in [1.54, 1.807) is 6.07 Å². The van der Waals surface area contributed by atoms with Gasteiger partial charge in [0, 0.05) is 12.6 Å². The fourth-order valence-electron chi connectivity index (χ4n) is 1.91. The van der Waals surface area contributed by atoms with E-state index in [0.717, 1.165) is 12.1 Å². The predicted molar refractivity (Wildman–Crippen MR) is 61.9 cm³/mol. The minimum Gasteiger partial charge on any atom is -0.477 e. The summed E-state index contributed by atoms with van der Waals surface area (Å²) in [6.45, 7) is 3.33. The first kappa shape index (κ1) is 12.0. The first-order valence-corrected chi connectivity index (χ1v) is 5.69. The highest BCUT2D eigenvalue weighted by atomic mass is 16.5. The average molecular weight is 236 g/mol. The van der Waals surface area contributed by atoms with Gasteiger partial charge in [-0.2, -0.15) is 0 Å². The molecule has 2 unspecified atom stereocenters. The van der Waals surface area contributed by atoms with Crippen molar-refractivity contribution in [1.29, 1.82) is 0 Å². The smallest absolute Gasteiger partial charge is 0.354 e. The van der Waals surface area contributed by atoms with Gasteiger partial charge in [0.25, 0.3) is 0 Å². The minimum absolute atomic E-state index is 0.0836. The van der Waals surface area contributed by atoms with Crippen molar-refractivity contribution in [2.45, 2.75) is 32.0 Å². The van der Waals surface area contributed by atoms with Gasteiger partial charge in [-0.3, -0.25) is 0 Å². The number of aromatic nitrogens is 1. The highest BCUT2D eigenvalue weighted by Crippen LogP contribution is 2.12. The Labute approximate surface area is 99.8 Å². The van der Waals surface area contributed by atoms with E-state index >= 15 is 0 Å². The van der Waals surface area contributed by atoms with Crippen LogP contribution in [0.25, 0.3) is 0 Å². The van der Waals surface area contributed by atoms with E-state index in [1.165, 1.54) is 6.07 Å². The molecule has 2 atom stereocenters. The number of nitrogens with one attached hydrogen (secondary N) is 1. The van der Waals surface area contributed by atoms with Crippen LogP contribution in [0.2, 0.25) is 0 Å². The molecule has 1 aliphatic heterocycles. The van der Waals surface area contributed by atoms with Crippen LogP contribution in [0, 0.1) is 0 Å². The molecular formula is C12H16N2O3. The fraction of sp³-hybridized carbons (Fsp3) is 0.500. The Hall–Kier alpha value is -1.46. The summed E-state index contributed by atoms with van der Waals surface area (Å²) in [7, 11) is 0. The molecule has 1 aromatic heterocycles. The van der Waals surface area contributed by atoms with Crippen molar-refractivity contribution in [1.82, 2.24) is 10.3 Å². The standard InChI is InChI=1S/C12H16N2O3/c1-8-5-10(7-17-8)13-6-9-3-2-4-11(14-9)12(15)16/h2-4,8,10,13H,5-7H2,1H3,(H,15,16). The molecule has 1 saturated heterocycles. The van der Waals surface area contributed by atoms with Crippen LogP contribution in [0.15, 0.2) is 18.2 Å². The Morgan fingerprint density at radius 3 is 3.12 bits per heavy atom. The lowest BCUT2D eigenvalue weighted by Crippen LogP contribution is -2.29. The zero-order valence-electron chi connectivity index (χ0n) is 9.72. The normalized spacial score (nSPS) is 23.8. The summed E-state index contributed by atoms with van der Waals surface area (Å²) in [5.74, 6) is -0.996. The summed E-state index contributed by atoms with van der Waals surface area (Å²) < 4.78 is 5.44. The van der Waals surface area contributed by atoms with Crippen molar-refractivity contribution in [3.8, 4) is 0 Å². The second kappa shape index (κ2) is 5.25. The summed E-state index contributed by atoms with van der Waals surface area (Å²) in [6.07, 6.45) is 1.28. The number of nitrogens with zero attached hydrogens (tertiary/aromatic N) is 1. The number of aromatic carboxylic acids is 1. The van der Waals surface area contributed by atoms with Crippen LogP contribution in [-0.4, -0.2) is 34.8 Å². The molecule has 0 amide bonds. The molecule has 0 saturated carbocycles. The molecular weight excluding hydrogens is 220 g/mol. The molecule has 17 heavy (non-hydrogen) atoms. The Morgan fingerprint density at radius 1 is 1.65 bits per heavy atom. The van der Waals surface area contributed by atoms with Crippen molar-refractivity contribution >= 4 is 5.97 Å². The third-order valence-corrected chi connectivity index (χ3v) is 2.80. The molecule has 2 rings (SSSR count). The third-order valence-electron chi connectivity index (χ3n) is 2.80. The number of rotatable bonds is 4. The van der Waals surface area contributed by atoms with Crippen molar-refractivity contribution in [2.24, 2.45) is 0 Å². The predicted octanol–water partition coefficient (Wildman–Crippen LogP) is 1.05. The zero-order chi connectivity index (χ0) is 12.3. The molecule has 0 radical (unpaired) electrons. The fourth-order valence-corrected chi connectivity index (χ4v) is 1.91. The van der Waals surface area contributed by atoms with Gasteiger partial charge in [0.05, 0.1) is 18.4 Å². The molecule has 5 heteroatoms. The van der Waals surface area contributed by atoms with Crippen LogP contribution in [0.4, 0.5) is 0 Å². The van der Waals surface area contributed by atoms with Gasteiger partial charge in [0.15, 0.2) is 0 Å². The zero-order valence-corrected chi connectivity index (χ0v) is 9.72. The van der Waals surface area contributed by atoms with Gasteiger partial charge in [-0.15, -0.1) is 0 Å². The van der Waals surface area contributed by atoms with Crippen molar-refractivity contribution in [2.75, 3.05) is 6.61 Å². The number of pyridine rings is 1. The lowest BCUT2D eigenvalue weighted by Gasteiger charge is -2.10. The third kappa shape index (κ3) is 3.25. The monoisotopic (exact) mass is 236 g/mol. The van der Waals surface area contributed by atoms with Crippen LogP contribution in [0.5, 0.6) is 0 Å². The second-order valence-corrected chi connectivity index (χ2v) is 4.28. The van der Waals surface area contributed by atoms with Crippen LogP contribution >= 0.6 is 0 Å². The Balaban J connectivity index is 1.90. The minimum atomic E-state index is -0.996. The molecule has 2 N–H and O–H groups in total. The summed E-state index contributed by atoms with van der Waals surface area (Å²) >= 11 is 0. The van der Waals surface area contributed by atoms with Crippen molar-refractivity contribution < 1.29 is 14.6 Å². The molecule has 0 spiro atoms. The number of ether oxygens (including phenoxy) is 1. The molecule has 0 bridgehead atoms. The van der Waals surface area contributed by atoms with E-state index in [-0.39, 0.29) is 5.69 Å². The molecule has 0 aromatic carbocycles. The molecule has 1 aromatic rings. The van der Waals surface area contributed by atoms with E-state index in [0.29, 0.717) is 25.3 Å². The highest BCUT2D eigenvalue weighted by Gasteiger charge is 2.21. The molecule has 1 fully saturated rings. The maximum Gasteiger partial charge on any atom is 0.354 e. The number of carboxylic acids is 1. The first-order valence-electron chi connectivity index (χ1n) is 5.69. The van der Waals surface area contributed by atoms with Gasteiger partial charge in [-0.05, 0) is 25.5 Å². The van der Waals surface area contributed by atoms with Crippen molar-refractivity contribution in [3.63, 3.8) is 0 Å². The molecule has 2 heterocycles. The largest absolute Gasteiger partial charge is 0.477 e. The van der Waals surface area contributed by atoms with E-state index in [2.05, 4.69) is 10.3 Å². The highest BCUT2D eigenvalue weighted by molar-refractivity contribution is 5.85. The van der Waals surface area contributed by atoms with Gasteiger partial charge >= 0.3 is 5.97 Å². The molecule has 1 aliphatic rings. The van der Waals surface area contributed by atoms with Crippen LogP contribution < -0.4 is 5.32 Å². The number of hydrogen-bond donors (Lipinski definition) is 2. The summed E-state index contributed by atoms with van der Waals surface area (Å²) in [5.41, 5.74) is 0.824. The maximum absolute atomic E-state index is 10.8. The lowest BCUT2D eigenvalue weighted by atomic mass is 10.2. The lowest BCUT2D eigenvalue weighted by molar-refractivity contribution is 0.0690. The Kier molecular flexibility index (Phi) is 3.71. The first-order chi connectivity index (χ1) is 8.15. The Morgan fingerprint density at radius 2 is 2.47 bits per heavy atom. The topological polar surface area (TPSA) is 71.5 Å². The van der Waals surface area contributed by atoms with Gasteiger partial charge < -0.3 is 15.2 Å². The second-order valence-electron chi connectivity index (χ2n) is 4.28. The summed E-state index contributed by atoms with van der Waals surface area (Å²) in [6, 6.07) is 5.35. The number of carboxylic acid groups (broad SMARTS) is 1. The summed E-state index contributed by atoms with van der Waals surface area (Å²) in [4.78, 5) is 14.8. The summed E-state index contributed by atoms with van der Waals surface area (Å²) in [5, 5.41) is 12.1. The molecule has 5 nitrogen and oxygen atoms in total. The number of hydrogen-bond acceptors (Lipinski definition) is 4. The van der Waals surface area contributed by atoms with Gasteiger partial charge in [-0.25, -0.2) is 9.78 Å². The van der Waals surface area contributed by atoms with Crippen LogP contribution in [0.1, 0.15) is 29.5 Å². The van der Waals surface area contributed by atoms with Crippen LogP contribution in [-0.2, 0) is 11.3 Å². The van der Waals surface area contributed by atoms with Crippen LogP contribution in [0.3, 0.4) is 0 Å². The molecule has 0 aliphatic carbocycles. The van der Waals surface area contributed by atoms with Crippen molar-refractivity contribution in [3.05, 3.63) is 29.6 Å². The van der Waals surface area contributed by atoms with Gasteiger partial charge in [0.1, 0.15) is 5.69 Å². The quantitative estimate of drug-likeness (QED) is 0.817. The SMILES string of the molecule is CC1CC(NCc2cccc(C(=O)O)n2)CO1. The van der Waals surface area contributed by atoms with E-state index in [4.69, 9.17) is 9.84 Å². The van der Waals surface area contributed by atoms with E-state index < -0.39 is 5.97 Å². The Bertz CT molecular complexity index is 408. The molecule has 92 valence electrons. The van der Waals surface area contributed by atoms with E-state index in [9.17, 15) is 4.79 Å². The van der Waals surface area contributed by atoms with Gasteiger partial charge in [-0.1, -0.05) is 6.07 Å².